The Morgan fingerprint density at radius 1 is 0.543 bits per heavy atom. The first-order valence-electron chi connectivity index (χ1n) is 12.7. The predicted molar refractivity (Wildman–Crippen MR) is 141 cm³/mol. The zero-order valence-electron chi connectivity index (χ0n) is 20.8. The second kappa shape index (κ2) is 13.8. The van der Waals surface area contributed by atoms with Crippen molar-refractivity contribution in [2.45, 2.75) is 58.8 Å². The van der Waals surface area contributed by atoms with Crippen LogP contribution in [0, 0.1) is 22.7 Å². The van der Waals surface area contributed by atoms with Crippen molar-refractivity contribution in [3.63, 3.8) is 0 Å². The summed E-state index contributed by atoms with van der Waals surface area (Å²) in [6.45, 7) is 5.77. The molecule has 0 saturated carbocycles. The predicted octanol–water partition coefficient (Wildman–Crippen LogP) is 8.29. The molecule has 0 amide bonds. The molecule has 0 heterocycles. The summed E-state index contributed by atoms with van der Waals surface area (Å²) in [5.74, 6) is 1.63. The lowest BCUT2D eigenvalue weighted by Crippen LogP contribution is -1.98. The molecule has 0 aliphatic rings. The highest BCUT2D eigenvalue weighted by atomic mass is 16.5. The summed E-state index contributed by atoms with van der Waals surface area (Å²) in [6, 6.07) is 23.8. The molecule has 4 nitrogen and oxygen atoms in total. The van der Waals surface area contributed by atoms with Crippen LogP contribution in [0.3, 0.4) is 0 Å². The van der Waals surface area contributed by atoms with Crippen molar-refractivity contribution in [2.75, 3.05) is 13.2 Å². The zero-order valence-corrected chi connectivity index (χ0v) is 20.8. The molecule has 0 fully saturated rings. The standard InChI is InChI=1S/C31H34N2O2/c1-3-5-7-9-21-35-27-16-12-25(13-17-27)29-19-18-28(30(22-32)31(29)23-33)24-10-14-26(15-11-24)34-20-8-6-4-2/h10-19H,3-9,20-21H2,1-2H3. The number of nitriles is 2. The van der Waals surface area contributed by atoms with E-state index >= 15 is 0 Å². The quantitative estimate of drug-likeness (QED) is 0.238. The third-order valence-electron chi connectivity index (χ3n) is 6.04. The highest BCUT2D eigenvalue weighted by Crippen LogP contribution is 2.34. The number of rotatable bonds is 13. The van der Waals surface area contributed by atoms with Crippen LogP contribution in [0.5, 0.6) is 11.5 Å². The Bertz CT molecular complexity index is 1150. The van der Waals surface area contributed by atoms with Crippen LogP contribution in [0.4, 0.5) is 0 Å². The van der Waals surface area contributed by atoms with Crippen molar-refractivity contribution < 1.29 is 9.47 Å². The van der Waals surface area contributed by atoms with E-state index in [1.165, 1.54) is 19.3 Å². The SMILES string of the molecule is CCCCCCOc1ccc(-c2ccc(-c3ccc(OCCCCC)cc3)c(C#N)c2C#N)cc1. The normalized spacial score (nSPS) is 10.4. The Labute approximate surface area is 209 Å². The van der Waals surface area contributed by atoms with Gasteiger partial charge in [0.2, 0.25) is 0 Å². The number of hydrogen-bond acceptors (Lipinski definition) is 4. The molecule has 3 aromatic rings. The summed E-state index contributed by atoms with van der Waals surface area (Å²) < 4.78 is 11.6. The molecule has 35 heavy (non-hydrogen) atoms. The molecule has 3 aromatic carbocycles. The van der Waals surface area contributed by atoms with Gasteiger partial charge in [-0.05, 0) is 48.2 Å². The minimum atomic E-state index is 0.387. The van der Waals surface area contributed by atoms with Gasteiger partial charge >= 0.3 is 0 Å². The smallest absolute Gasteiger partial charge is 0.119 e. The Kier molecular flexibility index (Phi) is 10.2. The largest absolute Gasteiger partial charge is 0.494 e. The van der Waals surface area contributed by atoms with Crippen LogP contribution < -0.4 is 9.47 Å². The lowest BCUT2D eigenvalue weighted by Gasteiger charge is -2.13. The molecule has 0 aliphatic heterocycles. The van der Waals surface area contributed by atoms with E-state index in [2.05, 4.69) is 26.0 Å². The summed E-state index contributed by atoms with van der Waals surface area (Å²) in [6.07, 6.45) is 8.02. The van der Waals surface area contributed by atoms with Gasteiger partial charge in [-0.15, -0.1) is 0 Å². The molecule has 0 unspecified atom stereocenters. The lowest BCUT2D eigenvalue weighted by atomic mass is 9.90. The van der Waals surface area contributed by atoms with Gasteiger partial charge in [-0.3, -0.25) is 0 Å². The number of unbranched alkanes of at least 4 members (excludes halogenated alkanes) is 5. The molecule has 0 aliphatic carbocycles. The fourth-order valence-corrected chi connectivity index (χ4v) is 4.04. The average Bonchev–Trinajstić information content (AvgIpc) is 2.91. The average molecular weight is 467 g/mol. The molecule has 0 radical (unpaired) electrons. The van der Waals surface area contributed by atoms with Crippen LogP contribution in [-0.4, -0.2) is 13.2 Å². The van der Waals surface area contributed by atoms with E-state index in [-0.39, 0.29) is 0 Å². The summed E-state index contributed by atoms with van der Waals surface area (Å²) in [5, 5.41) is 19.9. The molecule has 0 N–H and O–H groups in total. The number of nitrogens with zero attached hydrogens (tertiary/aromatic N) is 2. The van der Waals surface area contributed by atoms with Gasteiger partial charge in [-0.2, -0.15) is 10.5 Å². The van der Waals surface area contributed by atoms with Crippen molar-refractivity contribution in [2.24, 2.45) is 0 Å². The van der Waals surface area contributed by atoms with E-state index < -0.39 is 0 Å². The first kappa shape index (κ1) is 25.9. The summed E-state index contributed by atoms with van der Waals surface area (Å²) in [7, 11) is 0. The van der Waals surface area contributed by atoms with Gasteiger partial charge in [0, 0.05) is 11.1 Å². The van der Waals surface area contributed by atoms with E-state index in [0.29, 0.717) is 24.3 Å². The Morgan fingerprint density at radius 2 is 0.943 bits per heavy atom. The molecule has 0 aromatic heterocycles. The maximum absolute atomic E-state index is 9.94. The molecule has 4 heteroatoms. The molecule has 180 valence electrons. The number of benzene rings is 3. The second-order valence-electron chi connectivity index (χ2n) is 8.65. The van der Waals surface area contributed by atoms with Crippen LogP contribution in [0.25, 0.3) is 22.3 Å². The maximum Gasteiger partial charge on any atom is 0.119 e. The summed E-state index contributed by atoms with van der Waals surface area (Å²) in [5.41, 5.74) is 4.04. The van der Waals surface area contributed by atoms with Gasteiger partial charge in [0.25, 0.3) is 0 Å². The fourth-order valence-electron chi connectivity index (χ4n) is 4.04. The summed E-state index contributed by atoms with van der Waals surface area (Å²) >= 11 is 0. The highest BCUT2D eigenvalue weighted by Gasteiger charge is 2.16. The topological polar surface area (TPSA) is 66.0 Å². The highest BCUT2D eigenvalue weighted by molar-refractivity contribution is 5.82. The van der Waals surface area contributed by atoms with Crippen LogP contribution >= 0.6 is 0 Å². The van der Waals surface area contributed by atoms with Gasteiger partial charge in [0.05, 0.1) is 24.3 Å². The Hall–Kier alpha value is -3.76. The van der Waals surface area contributed by atoms with Gasteiger partial charge in [0.1, 0.15) is 23.6 Å². The van der Waals surface area contributed by atoms with E-state index in [9.17, 15) is 10.5 Å². The minimum absolute atomic E-state index is 0.387. The molecule has 0 saturated heterocycles. The first-order valence-corrected chi connectivity index (χ1v) is 12.7. The van der Waals surface area contributed by atoms with Crippen LogP contribution in [0.1, 0.15) is 69.9 Å². The fraction of sp³-hybridized carbons (Fsp3) is 0.355. The zero-order chi connectivity index (χ0) is 24.9. The van der Waals surface area contributed by atoms with Gasteiger partial charge in [-0.1, -0.05) is 82.3 Å². The van der Waals surface area contributed by atoms with E-state index in [1.54, 1.807) is 0 Å². The van der Waals surface area contributed by atoms with Gasteiger partial charge in [0.15, 0.2) is 0 Å². The van der Waals surface area contributed by atoms with Crippen LogP contribution in [0.2, 0.25) is 0 Å². The van der Waals surface area contributed by atoms with E-state index in [1.807, 2.05) is 60.7 Å². The Morgan fingerprint density at radius 3 is 1.34 bits per heavy atom. The minimum Gasteiger partial charge on any atom is -0.494 e. The number of hydrogen-bond donors (Lipinski definition) is 0. The third kappa shape index (κ3) is 7.11. The van der Waals surface area contributed by atoms with E-state index in [0.717, 1.165) is 59.4 Å². The second-order valence-corrected chi connectivity index (χ2v) is 8.65. The number of ether oxygens (including phenoxy) is 2. The molecule has 0 spiro atoms. The summed E-state index contributed by atoms with van der Waals surface area (Å²) in [4.78, 5) is 0. The molecule has 0 atom stereocenters. The van der Waals surface area contributed by atoms with Crippen molar-refractivity contribution >= 4 is 0 Å². The van der Waals surface area contributed by atoms with E-state index in [4.69, 9.17) is 9.47 Å². The van der Waals surface area contributed by atoms with Crippen LogP contribution in [-0.2, 0) is 0 Å². The molecule has 0 bridgehead atoms. The Balaban J connectivity index is 1.78. The van der Waals surface area contributed by atoms with Gasteiger partial charge < -0.3 is 9.47 Å². The lowest BCUT2D eigenvalue weighted by molar-refractivity contribution is 0.305. The first-order chi connectivity index (χ1) is 17.2. The molecule has 3 rings (SSSR count). The van der Waals surface area contributed by atoms with Crippen molar-refractivity contribution in [3.8, 4) is 45.9 Å². The maximum atomic E-state index is 9.94. The van der Waals surface area contributed by atoms with Crippen LogP contribution in [0.15, 0.2) is 60.7 Å². The third-order valence-corrected chi connectivity index (χ3v) is 6.04. The van der Waals surface area contributed by atoms with Crippen molar-refractivity contribution in [3.05, 3.63) is 71.8 Å². The molecular weight excluding hydrogens is 432 g/mol. The monoisotopic (exact) mass is 466 g/mol. The van der Waals surface area contributed by atoms with Crippen molar-refractivity contribution in [1.82, 2.24) is 0 Å². The molecular formula is C31H34N2O2. The van der Waals surface area contributed by atoms with Crippen molar-refractivity contribution in [1.29, 1.82) is 10.5 Å². The van der Waals surface area contributed by atoms with Gasteiger partial charge in [-0.25, -0.2) is 0 Å².